The number of nitrogens with one attached hydrogen (secondary N) is 1. The summed E-state index contributed by atoms with van der Waals surface area (Å²) in [6, 6.07) is 6.42. The predicted octanol–water partition coefficient (Wildman–Crippen LogP) is 3.58. The van der Waals surface area contributed by atoms with Crippen molar-refractivity contribution in [1.82, 2.24) is 15.3 Å². The molecule has 128 valence electrons. The molecule has 2 aliphatic rings. The second-order valence-electron chi connectivity index (χ2n) is 6.69. The van der Waals surface area contributed by atoms with E-state index in [2.05, 4.69) is 20.2 Å². The van der Waals surface area contributed by atoms with Crippen molar-refractivity contribution >= 4 is 27.4 Å². The fourth-order valence-corrected chi connectivity index (χ4v) is 4.90. The Bertz CT molecular complexity index is 945. The molecule has 3 aromatic rings. The Morgan fingerprint density at radius 3 is 2.68 bits per heavy atom. The van der Waals surface area contributed by atoms with E-state index in [1.807, 2.05) is 6.07 Å². The standard InChI is InChI=1S/C18H16F2N4S/c19-10-1-4-15(20)13(5-10)16-6-14-17(21-9-22-18(14)25-16)24-7-11-2-3-12(8-24)23-11/h1,4-6,9,11-12,23H,2-3,7-8H2. The molecule has 0 spiro atoms. The molecule has 7 heteroatoms. The molecular formula is C18H16F2N4S. The van der Waals surface area contributed by atoms with Crippen molar-refractivity contribution < 1.29 is 8.78 Å². The van der Waals surface area contributed by atoms with Crippen LogP contribution in [0.1, 0.15) is 12.8 Å². The van der Waals surface area contributed by atoms with Gasteiger partial charge in [0, 0.05) is 35.6 Å². The van der Waals surface area contributed by atoms with Crippen molar-refractivity contribution in [2.24, 2.45) is 0 Å². The molecule has 5 rings (SSSR count). The number of nitrogens with zero attached hydrogens (tertiary/aromatic N) is 3. The summed E-state index contributed by atoms with van der Waals surface area (Å²) in [5.74, 6) is 0.0178. The molecule has 4 nitrogen and oxygen atoms in total. The van der Waals surface area contributed by atoms with Gasteiger partial charge >= 0.3 is 0 Å². The number of rotatable bonds is 2. The van der Waals surface area contributed by atoms with Gasteiger partial charge in [-0.25, -0.2) is 18.7 Å². The number of benzene rings is 1. The molecule has 2 aromatic heterocycles. The first kappa shape index (κ1) is 15.2. The van der Waals surface area contributed by atoms with E-state index in [9.17, 15) is 8.78 Å². The first-order chi connectivity index (χ1) is 12.2. The molecule has 2 aliphatic heterocycles. The van der Waals surface area contributed by atoms with E-state index in [0.717, 1.165) is 41.3 Å². The summed E-state index contributed by atoms with van der Waals surface area (Å²) < 4.78 is 27.7. The average molecular weight is 358 g/mol. The summed E-state index contributed by atoms with van der Waals surface area (Å²) in [5.41, 5.74) is 0.273. The third kappa shape index (κ3) is 2.58. The molecule has 0 radical (unpaired) electrons. The van der Waals surface area contributed by atoms with Gasteiger partial charge in [-0.1, -0.05) is 0 Å². The van der Waals surface area contributed by atoms with Crippen LogP contribution in [0.2, 0.25) is 0 Å². The molecule has 2 saturated heterocycles. The number of aromatic nitrogens is 2. The Kier molecular flexibility index (Phi) is 3.46. The van der Waals surface area contributed by atoms with Gasteiger partial charge in [-0.2, -0.15) is 0 Å². The smallest absolute Gasteiger partial charge is 0.140 e. The minimum atomic E-state index is -0.446. The lowest BCUT2D eigenvalue weighted by Crippen LogP contribution is -2.51. The molecule has 2 bridgehead atoms. The highest BCUT2D eigenvalue weighted by atomic mass is 32.1. The third-order valence-corrected chi connectivity index (χ3v) is 6.09. The zero-order valence-corrected chi connectivity index (χ0v) is 14.2. The van der Waals surface area contributed by atoms with E-state index in [-0.39, 0.29) is 5.56 Å². The summed E-state index contributed by atoms with van der Waals surface area (Å²) in [6.07, 6.45) is 3.95. The van der Waals surface area contributed by atoms with E-state index in [1.165, 1.54) is 30.2 Å². The molecule has 2 unspecified atom stereocenters. The molecular weight excluding hydrogens is 342 g/mol. The van der Waals surface area contributed by atoms with Gasteiger partial charge in [0.05, 0.1) is 5.39 Å². The van der Waals surface area contributed by atoms with Gasteiger partial charge in [-0.05, 0) is 37.1 Å². The number of piperazine rings is 1. The number of anilines is 1. The van der Waals surface area contributed by atoms with Crippen molar-refractivity contribution in [1.29, 1.82) is 0 Å². The maximum Gasteiger partial charge on any atom is 0.140 e. The molecule has 4 heterocycles. The van der Waals surface area contributed by atoms with E-state index >= 15 is 0 Å². The quantitative estimate of drug-likeness (QED) is 0.760. The lowest BCUT2D eigenvalue weighted by atomic mass is 10.1. The van der Waals surface area contributed by atoms with Crippen molar-refractivity contribution in [2.45, 2.75) is 24.9 Å². The van der Waals surface area contributed by atoms with Crippen molar-refractivity contribution in [3.8, 4) is 10.4 Å². The largest absolute Gasteiger partial charge is 0.353 e. The van der Waals surface area contributed by atoms with Crippen molar-refractivity contribution in [3.63, 3.8) is 0 Å². The van der Waals surface area contributed by atoms with Gasteiger partial charge in [0.15, 0.2) is 0 Å². The van der Waals surface area contributed by atoms with Crippen LogP contribution < -0.4 is 10.2 Å². The first-order valence-corrected chi connectivity index (χ1v) is 9.20. The van der Waals surface area contributed by atoms with Crippen LogP contribution in [0.4, 0.5) is 14.6 Å². The summed E-state index contributed by atoms with van der Waals surface area (Å²) in [7, 11) is 0. The molecule has 0 amide bonds. The van der Waals surface area contributed by atoms with Crippen LogP contribution in [0.15, 0.2) is 30.6 Å². The predicted molar refractivity (Wildman–Crippen MR) is 94.9 cm³/mol. The summed E-state index contributed by atoms with van der Waals surface area (Å²) in [6.45, 7) is 1.84. The maximum atomic E-state index is 14.1. The number of hydrogen-bond acceptors (Lipinski definition) is 5. The monoisotopic (exact) mass is 358 g/mol. The lowest BCUT2D eigenvalue weighted by molar-refractivity contribution is 0.464. The Labute approximate surface area is 147 Å². The summed E-state index contributed by atoms with van der Waals surface area (Å²) in [4.78, 5) is 12.6. The van der Waals surface area contributed by atoms with E-state index in [1.54, 1.807) is 6.33 Å². The highest BCUT2D eigenvalue weighted by Crippen LogP contribution is 2.38. The van der Waals surface area contributed by atoms with E-state index in [4.69, 9.17) is 0 Å². The highest BCUT2D eigenvalue weighted by Gasteiger charge is 2.33. The fourth-order valence-electron chi connectivity index (χ4n) is 3.88. The third-order valence-electron chi connectivity index (χ3n) is 5.02. The molecule has 0 aliphatic carbocycles. The molecule has 2 atom stereocenters. The molecule has 0 saturated carbocycles. The van der Waals surface area contributed by atoms with Gasteiger partial charge < -0.3 is 10.2 Å². The van der Waals surface area contributed by atoms with Crippen LogP contribution in [0.25, 0.3) is 20.7 Å². The van der Waals surface area contributed by atoms with Gasteiger partial charge in [0.25, 0.3) is 0 Å². The molecule has 1 aromatic carbocycles. The number of fused-ring (bicyclic) bond motifs is 3. The van der Waals surface area contributed by atoms with Gasteiger partial charge in [-0.3, -0.25) is 0 Å². The summed E-state index contributed by atoms with van der Waals surface area (Å²) >= 11 is 1.37. The second-order valence-corrected chi connectivity index (χ2v) is 7.72. The molecule has 2 fully saturated rings. The summed E-state index contributed by atoms with van der Waals surface area (Å²) in [5, 5.41) is 4.52. The van der Waals surface area contributed by atoms with Crippen molar-refractivity contribution in [3.05, 3.63) is 42.2 Å². The van der Waals surface area contributed by atoms with Crippen LogP contribution in [-0.2, 0) is 0 Å². The molecule has 25 heavy (non-hydrogen) atoms. The Hall–Kier alpha value is -2.12. The van der Waals surface area contributed by atoms with Gasteiger partial charge in [0.1, 0.15) is 28.6 Å². The number of thiophene rings is 1. The number of hydrogen-bond donors (Lipinski definition) is 1. The maximum absolute atomic E-state index is 14.1. The van der Waals surface area contributed by atoms with E-state index in [0.29, 0.717) is 17.0 Å². The fraction of sp³-hybridized carbons (Fsp3) is 0.333. The normalized spacial score (nSPS) is 22.7. The zero-order valence-electron chi connectivity index (χ0n) is 13.4. The van der Waals surface area contributed by atoms with Crippen LogP contribution in [0.5, 0.6) is 0 Å². The first-order valence-electron chi connectivity index (χ1n) is 8.38. The Balaban J connectivity index is 1.60. The average Bonchev–Trinajstić information content (AvgIpc) is 3.19. The Morgan fingerprint density at radius 2 is 1.88 bits per heavy atom. The van der Waals surface area contributed by atoms with Crippen LogP contribution >= 0.6 is 11.3 Å². The lowest BCUT2D eigenvalue weighted by Gasteiger charge is -2.33. The minimum Gasteiger partial charge on any atom is -0.353 e. The molecule has 1 N–H and O–H groups in total. The van der Waals surface area contributed by atoms with E-state index < -0.39 is 11.6 Å². The Morgan fingerprint density at radius 1 is 1.08 bits per heavy atom. The van der Waals surface area contributed by atoms with Gasteiger partial charge in [-0.15, -0.1) is 11.3 Å². The zero-order chi connectivity index (χ0) is 17.0. The van der Waals surface area contributed by atoms with Crippen LogP contribution in [0.3, 0.4) is 0 Å². The number of halogens is 2. The van der Waals surface area contributed by atoms with Crippen LogP contribution in [0, 0.1) is 11.6 Å². The SMILES string of the molecule is Fc1ccc(F)c(-c2cc3c(N4CC5CCC(C4)N5)ncnc3s2)c1. The van der Waals surface area contributed by atoms with Crippen LogP contribution in [-0.4, -0.2) is 35.1 Å². The topological polar surface area (TPSA) is 41.0 Å². The van der Waals surface area contributed by atoms with Gasteiger partial charge in [0.2, 0.25) is 0 Å². The minimum absolute atomic E-state index is 0.273. The van der Waals surface area contributed by atoms with Crippen molar-refractivity contribution in [2.75, 3.05) is 18.0 Å². The second kappa shape index (κ2) is 5.71. The highest BCUT2D eigenvalue weighted by molar-refractivity contribution is 7.21.